The topological polar surface area (TPSA) is 80.9 Å². The van der Waals surface area contributed by atoms with E-state index >= 15 is 0 Å². The second-order valence-corrected chi connectivity index (χ2v) is 7.45. The number of benzene rings is 2. The zero-order valence-electron chi connectivity index (χ0n) is 15.9. The van der Waals surface area contributed by atoms with E-state index in [2.05, 4.69) is 20.4 Å². The highest BCUT2D eigenvalue weighted by Gasteiger charge is 2.13. The Kier molecular flexibility index (Phi) is 5.62. The summed E-state index contributed by atoms with van der Waals surface area (Å²) in [5.41, 5.74) is 2.86. The average molecular weight is 426 g/mol. The molecule has 9 heteroatoms. The zero-order chi connectivity index (χ0) is 21.1. The first-order valence-electron chi connectivity index (χ1n) is 9.08. The van der Waals surface area contributed by atoms with Gasteiger partial charge in [0.15, 0.2) is 16.8 Å². The van der Waals surface area contributed by atoms with Crippen LogP contribution in [-0.2, 0) is 11.2 Å². The number of aromatic nitrogens is 3. The van der Waals surface area contributed by atoms with Gasteiger partial charge in [0.1, 0.15) is 0 Å². The SMILES string of the molecule is Cc1ccc(-c2noc(CCC(=O)Nc3nc(-c4ccc(F)c(F)c4)cs3)n2)cc1. The van der Waals surface area contributed by atoms with Gasteiger partial charge >= 0.3 is 0 Å². The van der Waals surface area contributed by atoms with Crippen molar-refractivity contribution in [1.82, 2.24) is 15.1 Å². The highest BCUT2D eigenvalue weighted by Crippen LogP contribution is 2.26. The minimum Gasteiger partial charge on any atom is -0.339 e. The number of halogens is 2. The normalized spacial score (nSPS) is 10.9. The van der Waals surface area contributed by atoms with Gasteiger partial charge < -0.3 is 9.84 Å². The molecule has 0 aliphatic rings. The van der Waals surface area contributed by atoms with Gasteiger partial charge in [-0.1, -0.05) is 35.0 Å². The van der Waals surface area contributed by atoms with Crippen LogP contribution in [0.2, 0.25) is 0 Å². The zero-order valence-corrected chi connectivity index (χ0v) is 16.7. The Morgan fingerprint density at radius 1 is 1.07 bits per heavy atom. The van der Waals surface area contributed by atoms with Crippen molar-refractivity contribution < 1.29 is 18.1 Å². The highest BCUT2D eigenvalue weighted by molar-refractivity contribution is 7.14. The highest BCUT2D eigenvalue weighted by atomic mass is 32.1. The maximum atomic E-state index is 13.4. The van der Waals surface area contributed by atoms with Crippen LogP contribution in [0.25, 0.3) is 22.6 Å². The molecule has 0 atom stereocenters. The first-order chi connectivity index (χ1) is 14.5. The lowest BCUT2D eigenvalue weighted by Crippen LogP contribution is -2.12. The van der Waals surface area contributed by atoms with Gasteiger partial charge in [0.2, 0.25) is 17.6 Å². The van der Waals surface area contributed by atoms with E-state index < -0.39 is 11.6 Å². The van der Waals surface area contributed by atoms with E-state index in [0.717, 1.165) is 23.3 Å². The Balaban J connectivity index is 1.34. The number of amides is 1. The van der Waals surface area contributed by atoms with E-state index in [-0.39, 0.29) is 18.7 Å². The van der Waals surface area contributed by atoms with Crippen molar-refractivity contribution in [2.45, 2.75) is 19.8 Å². The fraction of sp³-hybridized carbons (Fsp3) is 0.143. The summed E-state index contributed by atoms with van der Waals surface area (Å²) in [6.07, 6.45) is 0.418. The molecule has 0 aliphatic carbocycles. The maximum Gasteiger partial charge on any atom is 0.227 e. The molecule has 152 valence electrons. The molecule has 6 nitrogen and oxygen atoms in total. The number of carbonyl (C=O) groups is 1. The molecule has 4 rings (SSSR count). The molecule has 0 spiro atoms. The van der Waals surface area contributed by atoms with Gasteiger partial charge in [0.25, 0.3) is 0 Å². The minimum absolute atomic E-state index is 0.135. The number of aryl methyl sites for hydroxylation is 2. The summed E-state index contributed by atoms with van der Waals surface area (Å²) in [5.74, 6) is -1.30. The first kappa shape index (κ1) is 19.8. The summed E-state index contributed by atoms with van der Waals surface area (Å²) in [6, 6.07) is 11.3. The van der Waals surface area contributed by atoms with Crippen LogP contribution in [0.3, 0.4) is 0 Å². The van der Waals surface area contributed by atoms with Crippen LogP contribution >= 0.6 is 11.3 Å². The third-order valence-corrected chi connectivity index (χ3v) is 5.07. The van der Waals surface area contributed by atoms with Crippen LogP contribution in [0.1, 0.15) is 17.9 Å². The van der Waals surface area contributed by atoms with Crippen molar-refractivity contribution in [2.75, 3.05) is 5.32 Å². The van der Waals surface area contributed by atoms with Crippen molar-refractivity contribution in [3.05, 3.63) is 70.9 Å². The maximum absolute atomic E-state index is 13.4. The van der Waals surface area contributed by atoms with Gasteiger partial charge in [0.05, 0.1) is 5.69 Å². The molecule has 0 bridgehead atoms. The first-order valence-corrected chi connectivity index (χ1v) is 9.96. The number of hydrogen-bond donors (Lipinski definition) is 1. The Morgan fingerprint density at radius 2 is 1.83 bits per heavy atom. The lowest BCUT2D eigenvalue weighted by atomic mass is 10.1. The van der Waals surface area contributed by atoms with Crippen LogP contribution in [0.4, 0.5) is 13.9 Å². The van der Waals surface area contributed by atoms with Gasteiger partial charge in [-0.25, -0.2) is 13.8 Å². The Morgan fingerprint density at radius 3 is 2.60 bits per heavy atom. The average Bonchev–Trinajstić information content (AvgIpc) is 3.39. The summed E-state index contributed by atoms with van der Waals surface area (Å²) < 4.78 is 31.7. The van der Waals surface area contributed by atoms with E-state index in [1.54, 1.807) is 5.38 Å². The van der Waals surface area contributed by atoms with E-state index in [0.29, 0.717) is 28.1 Å². The Bertz CT molecular complexity index is 1190. The van der Waals surface area contributed by atoms with Crippen molar-refractivity contribution in [2.24, 2.45) is 0 Å². The Labute approximate surface area is 174 Å². The van der Waals surface area contributed by atoms with Crippen molar-refractivity contribution in [3.8, 4) is 22.6 Å². The molecule has 2 aromatic carbocycles. The molecule has 0 aliphatic heterocycles. The molecule has 0 saturated carbocycles. The quantitative estimate of drug-likeness (QED) is 0.468. The lowest BCUT2D eigenvalue weighted by molar-refractivity contribution is -0.116. The monoisotopic (exact) mass is 426 g/mol. The molecule has 30 heavy (non-hydrogen) atoms. The van der Waals surface area contributed by atoms with Gasteiger partial charge in [-0.15, -0.1) is 11.3 Å². The van der Waals surface area contributed by atoms with Gasteiger partial charge in [-0.2, -0.15) is 4.98 Å². The summed E-state index contributed by atoms with van der Waals surface area (Å²) in [6.45, 7) is 1.99. The second kappa shape index (κ2) is 8.50. The lowest BCUT2D eigenvalue weighted by Gasteiger charge is -2.00. The minimum atomic E-state index is -0.948. The number of anilines is 1. The fourth-order valence-electron chi connectivity index (χ4n) is 2.70. The van der Waals surface area contributed by atoms with Crippen molar-refractivity contribution in [1.29, 1.82) is 0 Å². The van der Waals surface area contributed by atoms with E-state index in [9.17, 15) is 13.6 Å². The molecule has 1 amide bonds. The largest absolute Gasteiger partial charge is 0.339 e. The molecule has 2 heterocycles. The third kappa shape index (κ3) is 4.57. The van der Waals surface area contributed by atoms with Crippen LogP contribution in [0, 0.1) is 18.6 Å². The predicted molar refractivity (Wildman–Crippen MR) is 109 cm³/mol. The summed E-state index contributed by atoms with van der Waals surface area (Å²) >= 11 is 1.20. The third-order valence-electron chi connectivity index (χ3n) is 4.31. The number of thiazole rings is 1. The molecule has 0 radical (unpaired) electrons. The molecule has 2 aromatic heterocycles. The van der Waals surface area contributed by atoms with Gasteiger partial charge in [-0.3, -0.25) is 4.79 Å². The van der Waals surface area contributed by atoms with Crippen LogP contribution < -0.4 is 5.32 Å². The van der Waals surface area contributed by atoms with Crippen molar-refractivity contribution >= 4 is 22.4 Å². The van der Waals surface area contributed by atoms with Crippen LogP contribution in [0.5, 0.6) is 0 Å². The number of hydrogen-bond acceptors (Lipinski definition) is 6. The molecule has 0 fully saturated rings. The number of rotatable bonds is 6. The Hall–Kier alpha value is -3.46. The summed E-state index contributed by atoms with van der Waals surface area (Å²) in [5, 5.41) is 8.65. The number of carbonyl (C=O) groups excluding carboxylic acids is 1. The van der Waals surface area contributed by atoms with Crippen LogP contribution in [0.15, 0.2) is 52.4 Å². The molecule has 4 aromatic rings. The second-order valence-electron chi connectivity index (χ2n) is 6.59. The molecule has 0 unspecified atom stereocenters. The predicted octanol–water partition coefficient (Wildman–Crippen LogP) is 5.02. The van der Waals surface area contributed by atoms with E-state index in [1.807, 2.05) is 31.2 Å². The molecular weight excluding hydrogens is 410 g/mol. The fourth-order valence-corrected chi connectivity index (χ4v) is 3.43. The van der Waals surface area contributed by atoms with E-state index in [4.69, 9.17) is 4.52 Å². The van der Waals surface area contributed by atoms with Gasteiger partial charge in [0, 0.05) is 29.3 Å². The van der Waals surface area contributed by atoms with Crippen LogP contribution in [-0.4, -0.2) is 21.0 Å². The molecule has 0 saturated heterocycles. The number of nitrogens with zero attached hydrogens (tertiary/aromatic N) is 3. The summed E-state index contributed by atoms with van der Waals surface area (Å²) in [4.78, 5) is 20.8. The molecule has 1 N–H and O–H groups in total. The summed E-state index contributed by atoms with van der Waals surface area (Å²) in [7, 11) is 0. The van der Waals surface area contributed by atoms with Gasteiger partial charge in [-0.05, 0) is 25.1 Å². The standard InChI is InChI=1S/C21H16F2N4O2S/c1-12-2-4-13(5-3-12)20-26-19(29-27-20)9-8-18(28)25-21-24-17(11-30-21)14-6-7-15(22)16(23)10-14/h2-7,10-11H,8-9H2,1H3,(H,24,25,28). The number of nitrogens with one attached hydrogen (secondary N) is 1. The van der Waals surface area contributed by atoms with Crippen molar-refractivity contribution in [3.63, 3.8) is 0 Å². The smallest absolute Gasteiger partial charge is 0.227 e. The molecular formula is C21H16F2N4O2S. The van der Waals surface area contributed by atoms with E-state index in [1.165, 1.54) is 17.4 Å².